The molecule has 2 nitrogen and oxygen atoms in total. The van der Waals surface area contributed by atoms with Gasteiger partial charge in [0.25, 0.3) is 0 Å². The largest absolute Gasteiger partial charge is 0.354 e. The minimum absolute atomic E-state index is 1.08. The zero-order chi connectivity index (χ0) is 10.1. The van der Waals surface area contributed by atoms with E-state index in [0.717, 1.165) is 17.1 Å². The normalized spacial score (nSPS) is 10.8. The number of rotatable bonds is 2. The van der Waals surface area contributed by atoms with E-state index in [1.807, 2.05) is 14.1 Å². The number of nitrogens with zero attached hydrogens (tertiary/aromatic N) is 2. The van der Waals surface area contributed by atoms with Gasteiger partial charge in [-0.3, -0.25) is 0 Å². The highest BCUT2D eigenvalue weighted by atomic mass is 32.1. The molecule has 2 aromatic rings. The van der Waals surface area contributed by atoms with Gasteiger partial charge in [0.05, 0.1) is 10.2 Å². The molecule has 0 atom stereocenters. The van der Waals surface area contributed by atoms with Gasteiger partial charge in [-0.1, -0.05) is 30.4 Å². The van der Waals surface area contributed by atoms with Gasteiger partial charge in [-0.2, -0.15) is 0 Å². The Hall–Kier alpha value is -1.09. The lowest BCUT2D eigenvalue weighted by atomic mass is 10.2. The Labute approximate surface area is 88.2 Å². The number of anilines is 1. The van der Waals surface area contributed by atoms with Gasteiger partial charge in [0.2, 0.25) is 0 Å². The molecule has 0 N–H and O–H groups in total. The van der Waals surface area contributed by atoms with Crippen LogP contribution in [0.15, 0.2) is 18.2 Å². The SMILES string of the molecule is CCc1cccc2nc(N(C)C)sc12. The first-order chi connectivity index (χ1) is 6.72. The van der Waals surface area contributed by atoms with Crippen molar-refractivity contribution in [1.82, 2.24) is 4.98 Å². The molecule has 0 amide bonds. The van der Waals surface area contributed by atoms with E-state index in [-0.39, 0.29) is 0 Å². The van der Waals surface area contributed by atoms with Crippen LogP contribution >= 0.6 is 11.3 Å². The van der Waals surface area contributed by atoms with Gasteiger partial charge in [0.1, 0.15) is 0 Å². The summed E-state index contributed by atoms with van der Waals surface area (Å²) in [6.45, 7) is 2.18. The number of thiazole rings is 1. The number of fused-ring (bicyclic) bond motifs is 1. The predicted octanol–water partition coefficient (Wildman–Crippen LogP) is 2.92. The molecule has 1 heterocycles. The maximum Gasteiger partial charge on any atom is 0.185 e. The fourth-order valence-electron chi connectivity index (χ4n) is 1.46. The molecule has 1 aromatic carbocycles. The molecule has 3 heteroatoms. The van der Waals surface area contributed by atoms with E-state index in [1.165, 1.54) is 10.3 Å². The van der Waals surface area contributed by atoms with E-state index in [0.29, 0.717) is 0 Å². The Bertz CT molecular complexity index is 445. The van der Waals surface area contributed by atoms with Gasteiger partial charge in [-0.15, -0.1) is 0 Å². The van der Waals surface area contributed by atoms with Crippen LogP contribution in [0.4, 0.5) is 5.13 Å². The summed E-state index contributed by atoms with van der Waals surface area (Å²) in [6.07, 6.45) is 1.08. The lowest BCUT2D eigenvalue weighted by Gasteiger charge is -2.04. The van der Waals surface area contributed by atoms with E-state index in [1.54, 1.807) is 11.3 Å². The van der Waals surface area contributed by atoms with E-state index in [4.69, 9.17) is 0 Å². The minimum Gasteiger partial charge on any atom is -0.354 e. The van der Waals surface area contributed by atoms with E-state index in [9.17, 15) is 0 Å². The summed E-state index contributed by atoms with van der Waals surface area (Å²) in [7, 11) is 4.06. The lowest BCUT2D eigenvalue weighted by molar-refractivity contribution is 1.11. The van der Waals surface area contributed by atoms with E-state index in [2.05, 4.69) is 35.0 Å². The molecule has 74 valence electrons. The molecule has 14 heavy (non-hydrogen) atoms. The summed E-state index contributed by atoms with van der Waals surface area (Å²) < 4.78 is 1.33. The van der Waals surface area contributed by atoms with Crippen LogP contribution in [0.5, 0.6) is 0 Å². The van der Waals surface area contributed by atoms with Crippen molar-refractivity contribution in [3.63, 3.8) is 0 Å². The molecule has 0 fully saturated rings. The monoisotopic (exact) mass is 206 g/mol. The van der Waals surface area contributed by atoms with E-state index < -0.39 is 0 Å². The fraction of sp³-hybridized carbons (Fsp3) is 0.364. The number of hydrogen-bond donors (Lipinski definition) is 0. The van der Waals surface area contributed by atoms with Gasteiger partial charge in [0, 0.05) is 14.1 Å². The summed E-state index contributed by atoms with van der Waals surface area (Å²) in [5.41, 5.74) is 2.52. The third-order valence-electron chi connectivity index (χ3n) is 2.25. The zero-order valence-corrected chi connectivity index (χ0v) is 9.56. The molecule has 0 unspecified atom stereocenters. The second kappa shape index (κ2) is 3.58. The van der Waals surface area contributed by atoms with Crippen molar-refractivity contribution in [3.05, 3.63) is 23.8 Å². The first kappa shape index (κ1) is 9.46. The van der Waals surface area contributed by atoms with Crippen molar-refractivity contribution >= 4 is 26.7 Å². The number of hydrogen-bond acceptors (Lipinski definition) is 3. The van der Waals surface area contributed by atoms with E-state index >= 15 is 0 Å². The lowest BCUT2D eigenvalue weighted by Crippen LogP contribution is -2.07. The maximum atomic E-state index is 4.57. The van der Waals surface area contributed by atoms with Gasteiger partial charge in [-0.05, 0) is 18.1 Å². The third-order valence-corrected chi connectivity index (χ3v) is 3.56. The van der Waals surface area contributed by atoms with Crippen molar-refractivity contribution in [1.29, 1.82) is 0 Å². The predicted molar refractivity (Wildman–Crippen MR) is 63.3 cm³/mol. The first-order valence-electron chi connectivity index (χ1n) is 4.78. The molecule has 2 rings (SSSR count). The molecule has 0 saturated heterocycles. The molecule has 1 aromatic heterocycles. The number of aryl methyl sites for hydroxylation is 1. The van der Waals surface area contributed by atoms with Crippen molar-refractivity contribution in [2.24, 2.45) is 0 Å². The van der Waals surface area contributed by atoms with Crippen molar-refractivity contribution in [2.45, 2.75) is 13.3 Å². The molecule has 0 aliphatic rings. The zero-order valence-electron chi connectivity index (χ0n) is 8.74. The standard InChI is InChI=1S/C11H14N2S/c1-4-8-6-5-7-9-10(8)14-11(12-9)13(2)3/h5-7H,4H2,1-3H3. The smallest absolute Gasteiger partial charge is 0.185 e. The third kappa shape index (κ3) is 1.48. The summed E-state index contributed by atoms with van der Waals surface area (Å²) >= 11 is 1.77. The topological polar surface area (TPSA) is 16.1 Å². The second-order valence-electron chi connectivity index (χ2n) is 3.51. The molecular formula is C11H14N2S. The summed E-state index contributed by atoms with van der Waals surface area (Å²) in [6, 6.07) is 6.35. The summed E-state index contributed by atoms with van der Waals surface area (Å²) in [4.78, 5) is 6.62. The molecule has 0 saturated carbocycles. The Morgan fingerprint density at radius 2 is 2.14 bits per heavy atom. The van der Waals surface area contributed by atoms with Crippen LogP contribution < -0.4 is 4.90 Å². The number of benzene rings is 1. The molecule has 0 aliphatic heterocycles. The molecule has 0 spiro atoms. The van der Waals surface area contributed by atoms with Gasteiger partial charge < -0.3 is 4.90 Å². The average Bonchev–Trinajstić information content (AvgIpc) is 2.60. The maximum absolute atomic E-state index is 4.57. The van der Waals surface area contributed by atoms with Crippen LogP contribution in [0.25, 0.3) is 10.2 Å². The molecule has 0 radical (unpaired) electrons. The van der Waals surface area contributed by atoms with Crippen LogP contribution in [0.3, 0.4) is 0 Å². The van der Waals surface area contributed by atoms with Crippen LogP contribution in [-0.2, 0) is 6.42 Å². The fourth-order valence-corrected chi connectivity index (χ4v) is 2.53. The Balaban J connectivity index is 2.64. The van der Waals surface area contributed by atoms with Gasteiger partial charge in [-0.25, -0.2) is 4.98 Å². The second-order valence-corrected chi connectivity index (χ2v) is 4.49. The molecule has 0 bridgehead atoms. The highest BCUT2D eigenvalue weighted by Crippen LogP contribution is 2.30. The Morgan fingerprint density at radius 3 is 2.79 bits per heavy atom. The van der Waals surface area contributed by atoms with Crippen molar-refractivity contribution in [2.75, 3.05) is 19.0 Å². The Morgan fingerprint density at radius 1 is 1.36 bits per heavy atom. The molecular weight excluding hydrogens is 192 g/mol. The summed E-state index contributed by atoms with van der Waals surface area (Å²) in [5, 5.41) is 1.08. The van der Waals surface area contributed by atoms with Gasteiger partial charge in [0.15, 0.2) is 5.13 Å². The first-order valence-corrected chi connectivity index (χ1v) is 5.59. The van der Waals surface area contributed by atoms with Crippen LogP contribution in [-0.4, -0.2) is 19.1 Å². The quantitative estimate of drug-likeness (QED) is 0.751. The highest BCUT2D eigenvalue weighted by molar-refractivity contribution is 7.22. The number of aromatic nitrogens is 1. The van der Waals surface area contributed by atoms with Crippen molar-refractivity contribution < 1.29 is 0 Å². The summed E-state index contributed by atoms with van der Waals surface area (Å²) in [5.74, 6) is 0. The van der Waals surface area contributed by atoms with Crippen LogP contribution in [0.2, 0.25) is 0 Å². The average molecular weight is 206 g/mol. The van der Waals surface area contributed by atoms with Crippen LogP contribution in [0.1, 0.15) is 12.5 Å². The highest BCUT2D eigenvalue weighted by Gasteiger charge is 2.07. The Kier molecular flexibility index (Phi) is 2.42. The van der Waals surface area contributed by atoms with Crippen LogP contribution in [0, 0.1) is 0 Å². The minimum atomic E-state index is 1.08. The molecule has 0 aliphatic carbocycles. The van der Waals surface area contributed by atoms with Crippen molar-refractivity contribution in [3.8, 4) is 0 Å². The van der Waals surface area contributed by atoms with Gasteiger partial charge >= 0.3 is 0 Å².